The van der Waals surface area contributed by atoms with Gasteiger partial charge in [0, 0.05) is 11.1 Å². The molecule has 3 rings (SSSR count). The van der Waals surface area contributed by atoms with Gasteiger partial charge < -0.3 is 0 Å². The van der Waals surface area contributed by atoms with E-state index in [0.29, 0.717) is 0 Å². The fraction of sp³-hybridized carbons (Fsp3) is 0.500. The summed E-state index contributed by atoms with van der Waals surface area (Å²) in [5, 5.41) is 1.58. The molecule has 0 bridgehead atoms. The van der Waals surface area contributed by atoms with E-state index in [1.54, 1.807) is 14.8 Å². The maximum atomic E-state index is 4.16. The fourth-order valence-corrected chi connectivity index (χ4v) is 34.2. The molecule has 0 N–H and O–H groups in total. The molecule has 0 aromatic heterocycles. The van der Waals surface area contributed by atoms with E-state index in [9.17, 15) is 0 Å². The first-order valence-electron chi connectivity index (χ1n) is 14.5. The van der Waals surface area contributed by atoms with E-state index < -0.39 is 40.4 Å². The second-order valence-corrected chi connectivity index (χ2v) is 37.6. The molecule has 0 atom stereocenters. The van der Waals surface area contributed by atoms with Gasteiger partial charge >= 0.3 is 0 Å². The molecule has 0 saturated carbocycles. The Bertz CT molecular complexity index is 1250. The van der Waals surface area contributed by atoms with Crippen molar-refractivity contribution < 1.29 is 0 Å². The van der Waals surface area contributed by atoms with Crippen molar-refractivity contribution in [2.24, 2.45) is 0 Å². The summed E-state index contributed by atoms with van der Waals surface area (Å²) in [4.78, 5) is 3.58. The quantitative estimate of drug-likeness (QED) is 0.225. The molecule has 0 spiro atoms. The minimum absolute atomic E-state index is 1.17. The van der Waals surface area contributed by atoms with E-state index in [4.69, 9.17) is 0 Å². The Hall–Kier alpha value is -1.36. The third-order valence-electron chi connectivity index (χ3n) is 8.85. The minimum atomic E-state index is -2.07. The third kappa shape index (κ3) is 5.54. The number of fused-ring (bicyclic) bond motifs is 1. The lowest BCUT2D eigenvalue weighted by atomic mass is 10.1. The number of hydrogen-bond acceptors (Lipinski definition) is 0. The number of allylic oxidation sites excluding steroid dienone is 2. The average Bonchev–Trinajstić information content (AvgIpc) is 3.08. The maximum Gasteiger partial charge on any atom is 0.168 e. The van der Waals surface area contributed by atoms with Gasteiger partial charge in [0.1, 0.15) is 0 Å². The van der Waals surface area contributed by atoms with Crippen LogP contribution in [0.3, 0.4) is 0 Å². The molecule has 0 aliphatic carbocycles. The number of hydrogen-bond donors (Lipinski definition) is 0. The topological polar surface area (TPSA) is 0 Å². The van der Waals surface area contributed by atoms with Gasteiger partial charge in [-0.15, -0.1) is 11.1 Å². The van der Waals surface area contributed by atoms with Gasteiger partial charge in [0.05, 0.1) is 24.2 Å². The predicted molar refractivity (Wildman–Crippen MR) is 182 cm³/mol. The summed E-state index contributed by atoms with van der Waals surface area (Å²) in [6.45, 7) is 30.2. The van der Waals surface area contributed by atoms with Crippen molar-refractivity contribution in [3.05, 3.63) is 62.4 Å². The molecule has 0 saturated heterocycles. The van der Waals surface area contributed by atoms with E-state index in [1.165, 1.54) is 40.9 Å². The van der Waals surface area contributed by atoms with E-state index in [1.807, 2.05) is 0 Å². The van der Waals surface area contributed by atoms with Gasteiger partial charge in [-0.1, -0.05) is 138 Å². The van der Waals surface area contributed by atoms with Crippen LogP contribution in [-0.2, 0) is 0 Å². The zero-order valence-electron chi connectivity index (χ0n) is 25.8. The molecule has 1 aromatic rings. The van der Waals surface area contributed by atoms with Crippen molar-refractivity contribution in [2.45, 2.75) is 104 Å². The molecule has 0 amide bonds. The van der Waals surface area contributed by atoms with Gasteiger partial charge in [0.25, 0.3) is 0 Å². The highest BCUT2D eigenvalue weighted by molar-refractivity contribution is 7.17. The lowest BCUT2D eigenvalue weighted by Gasteiger charge is -2.37. The zero-order valence-corrected chi connectivity index (χ0v) is 30.8. The maximum absolute atomic E-state index is 4.16. The molecular formula is C32H50Si5. The molecule has 0 radical (unpaired) electrons. The van der Waals surface area contributed by atoms with Crippen LogP contribution in [0.25, 0.3) is 5.20 Å². The molecule has 2 aliphatic heterocycles. The van der Waals surface area contributed by atoms with E-state index in [2.05, 4.69) is 139 Å². The van der Waals surface area contributed by atoms with Crippen LogP contribution in [0.2, 0.25) is 76.6 Å². The summed E-state index contributed by atoms with van der Waals surface area (Å²) in [6, 6.07) is 15.9. The van der Waals surface area contributed by atoms with Crippen molar-refractivity contribution in [1.29, 1.82) is 0 Å². The van der Waals surface area contributed by atoms with E-state index >= 15 is 0 Å². The molecule has 5 heteroatoms. The number of rotatable bonds is 7. The first-order valence-corrected chi connectivity index (χ1v) is 29.4. The summed E-state index contributed by atoms with van der Waals surface area (Å²) < 4.78 is 0. The SMILES string of the molecule is CC[Si]1(CC)C#CC2=C([Si](C)(C)C)[Si](C)(C)C([Si](C)(C)C)=C2C#C[Si](CC)(CC)/C(c2ccccc2)=C\1. The van der Waals surface area contributed by atoms with Crippen LogP contribution < -0.4 is 0 Å². The monoisotopic (exact) mass is 574 g/mol. The van der Waals surface area contributed by atoms with E-state index in [0.717, 1.165) is 0 Å². The largest absolute Gasteiger partial charge is 0.168 e. The molecule has 2 heterocycles. The average molecular weight is 575 g/mol. The van der Waals surface area contributed by atoms with Gasteiger partial charge in [-0.25, -0.2) is 0 Å². The Kier molecular flexibility index (Phi) is 8.70. The normalized spacial score (nSPS) is 21.8. The fourth-order valence-electron chi connectivity index (χ4n) is 7.18. The predicted octanol–water partition coefficient (Wildman–Crippen LogP) is 9.37. The highest BCUT2D eigenvalue weighted by atomic mass is 28.4. The summed E-state index contributed by atoms with van der Waals surface area (Å²) in [5.41, 5.74) is 15.2. The van der Waals surface area contributed by atoms with Crippen molar-refractivity contribution in [3.63, 3.8) is 0 Å². The molecule has 0 unspecified atom stereocenters. The highest BCUT2D eigenvalue weighted by Crippen LogP contribution is 2.47. The molecule has 0 nitrogen and oxygen atoms in total. The lowest BCUT2D eigenvalue weighted by molar-refractivity contribution is 1.29. The van der Waals surface area contributed by atoms with Crippen molar-refractivity contribution in [2.75, 3.05) is 0 Å². The van der Waals surface area contributed by atoms with Gasteiger partial charge in [-0.3, -0.25) is 0 Å². The van der Waals surface area contributed by atoms with Crippen LogP contribution in [0.5, 0.6) is 0 Å². The van der Waals surface area contributed by atoms with Crippen molar-refractivity contribution in [3.8, 4) is 22.9 Å². The summed E-state index contributed by atoms with van der Waals surface area (Å²) in [5.74, 6) is 8.01. The second-order valence-electron chi connectivity index (χ2n) is 13.7. The molecule has 198 valence electrons. The Morgan fingerprint density at radius 3 is 1.51 bits per heavy atom. The minimum Gasteiger partial charge on any atom is -0.121 e. The smallest absolute Gasteiger partial charge is 0.121 e. The molecular weight excluding hydrogens is 525 g/mol. The van der Waals surface area contributed by atoms with Crippen LogP contribution in [0, 0.1) is 22.9 Å². The highest BCUT2D eigenvalue weighted by Gasteiger charge is 2.50. The van der Waals surface area contributed by atoms with Crippen LogP contribution in [0.4, 0.5) is 0 Å². The molecule has 0 fully saturated rings. The van der Waals surface area contributed by atoms with Crippen molar-refractivity contribution in [1.82, 2.24) is 0 Å². The van der Waals surface area contributed by atoms with Gasteiger partial charge in [-0.2, -0.15) is 0 Å². The summed E-state index contributed by atoms with van der Waals surface area (Å²) in [6.07, 6.45) is 0. The zero-order chi connectivity index (χ0) is 27.9. The second kappa shape index (κ2) is 10.7. The molecule has 37 heavy (non-hydrogen) atoms. The first-order chi connectivity index (χ1) is 17.1. The van der Waals surface area contributed by atoms with Crippen LogP contribution >= 0.6 is 0 Å². The molecule has 2 aliphatic rings. The molecule has 1 aromatic carbocycles. The van der Waals surface area contributed by atoms with Crippen LogP contribution in [-0.4, -0.2) is 40.4 Å². The van der Waals surface area contributed by atoms with Crippen LogP contribution in [0.15, 0.2) is 56.8 Å². The lowest BCUT2D eigenvalue weighted by Crippen LogP contribution is -2.48. The Morgan fingerprint density at radius 1 is 0.649 bits per heavy atom. The number of benzene rings is 1. The Morgan fingerprint density at radius 2 is 1.11 bits per heavy atom. The summed E-state index contributed by atoms with van der Waals surface area (Å²) >= 11 is 0. The van der Waals surface area contributed by atoms with Gasteiger partial charge in [0.2, 0.25) is 0 Å². The standard InChI is InChI=1S/C32H50Si5/c1-13-36(14-2)24-22-28-29(32(34(8,9)10)35(11,12)31(28)33(5,6)7)23-25-37(15-3,16-4)30(26-36)27-20-18-17-19-21-27/h17-21,26H,13-16H2,1-12H3/b30-26-. The van der Waals surface area contributed by atoms with Crippen molar-refractivity contribution >= 4 is 45.6 Å². The third-order valence-corrected chi connectivity index (χ3v) is 32.4. The van der Waals surface area contributed by atoms with Gasteiger partial charge in [0.15, 0.2) is 16.1 Å². The summed E-state index contributed by atoms with van der Waals surface area (Å²) in [7, 11) is -9.01. The van der Waals surface area contributed by atoms with E-state index in [-0.39, 0.29) is 0 Å². The van der Waals surface area contributed by atoms with Crippen LogP contribution in [0.1, 0.15) is 33.3 Å². The van der Waals surface area contributed by atoms with Gasteiger partial charge in [-0.05, 0) is 34.9 Å². The Balaban J connectivity index is 2.59. The first kappa shape index (κ1) is 30.2. The Labute approximate surface area is 234 Å².